The number of fused-ring (bicyclic) bond motifs is 3. The molecule has 140 valence electrons. The van der Waals surface area contributed by atoms with Crippen LogP contribution in [0.25, 0.3) is 11.3 Å². The van der Waals surface area contributed by atoms with Crippen molar-refractivity contribution in [3.05, 3.63) is 64.8 Å². The summed E-state index contributed by atoms with van der Waals surface area (Å²) in [7, 11) is -2.22. The summed E-state index contributed by atoms with van der Waals surface area (Å²) in [4.78, 5) is 8.79. The highest BCUT2D eigenvalue weighted by Crippen LogP contribution is 2.42. The number of rotatable bonds is 3. The van der Waals surface area contributed by atoms with Gasteiger partial charge in [-0.25, -0.2) is 18.4 Å². The van der Waals surface area contributed by atoms with Crippen molar-refractivity contribution >= 4 is 39.1 Å². The maximum atomic E-state index is 12.8. The lowest BCUT2D eigenvalue weighted by Gasteiger charge is -2.28. The monoisotopic (exact) mass is 428 g/mol. The van der Waals surface area contributed by atoms with Gasteiger partial charge in [-0.15, -0.1) is 0 Å². The minimum atomic E-state index is -3.72. The van der Waals surface area contributed by atoms with Crippen LogP contribution >= 0.6 is 23.4 Å². The van der Waals surface area contributed by atoms with Gasteiger partial charge in [-0.05, 0) is 35.9 Å². The Hall–Kier alpha value is -2.60. The highest BCUT2D eigenvalue weighted by Gasteiger charge is 2.34. The maximum absolute atomic E-state index is 12.8. The van der Waals surface area contributed by atoms with Crippen molar-refractivity contribution in [1.29, 1.82) is 5.26 Å². The van der Waals surface area contributed by atoms with Gasteiger partial charge in [0.25, 0.3) is 10.0 Å². The van der Waals surface area contributed by atoms with Crippen molar-refractivity contribution in [3.8, 4) is 17.3 Å². The first kappa shape index (κ1) is 18.7. The molecule has 1 aromatic heterocycles. The average molecular weight is 429 g/mol. The van der Waals surface area contributed by atoms with Crippen molar-refractivity contribution < 1.29 is 8.42 Å². The van der Waals surface area contributed by atoms with E-state index in [-0.39, 0.29) is 4.90 Å². The Morgan fingerprint density at radius 3 is 2.86 bits per heavy atom. The van der Waals surface area contributed by atoms with Gasteiger partial charge in [0.2, 0.25) is 0 Å². The van der Waals surface area contributed by atoms with E-state index >= 15 is 0 Å². The van der Waals surface area contributed by atoms with Gasteiger partial charge in [0.05, 0.1) is 29.2 Å². The van der Waals surface area contributed by atoms with E-state index in [9.17, 15) is 8.42 Å². The molecule has 0 saturated carbocycles. The molecule has 1 aliphatic heterocycles. The van der Waals surface area contributed by atoms with Crippen LogP contribution in [0.1, 0.15) is 11.1 Å². The SMILES string of the molecule is CN1c2ccc(Cl)cc2-c2nc(SCc3cccc(C#N)c3)ncc2S1(=O)=O. The van der Waals surface area contributed by atoms with E-state index in [1.165, 1.54) is 29.3 Å². The van der Waals surface area contributed by atoms with E-state index in [0.29, 0.717) is 38.4 Å². The highest BCUT2D eigenvalue weighted by molar-refractivity contribution is 7.98. The molecule has 2 heterocycles. The Morgan fingerprint density at radius 2 is 2.07 bits per heavy atom. The van der Waals surface area contributed by atoms with Crippen molar-refractivity contribution in [1.82, 2.24) is 9.97 Å². The molecule has 0 unspecified atom stereocenters. The van der Waals surface area contributed by atoms with Crippen LogP contribution in [-0.2, 0) is 15.8 Å². The van der Waals surface area contributed by atoms with Gasteiger partial charge >= 0.3 is 0 Å². The first-order valence-corrected chi connectivity index (χ1v) is 11.0. The number of thioether (sulfide) groups is 1. The Morgan fingerprint density at radius 1 is 1.25 bits per heavy atom. The van der Waals surface area contributed by atoms with Crippen LogP contribution in [0.2, 0.25) is 5.02 Å². The molecule has 28 heavy (non-hydrogen) atoms. The molecular formula is C19H13ClN4O2S2. The summed E-state index contributed by atoms with van der Waals surface area (Å²) in [5.74, 6) is 0.559. The number of aromatic nitrogens is 2. The summed E-state index contributed by atoms with van der Waals surface area (Å²) < 4.78 is 26.8. The molecule has 0 amide bonds. The molecule has 2 aromatic carbocycles. The fraction of sp³-hybridized carbons (Fsp3) is 0.105. The van der Waals surface area contributed by atoms with Crippen LogP contribution in [0, 0.1) is 11.3 Å². The number of hydrogen-bond donors (Lipinski definition) is 0. The van der Waals surface area contributed by atoms with Gasteiger partial charge in [-0.2, -0.15) is 5.26 Å². The number of nitrogens with zero attached hydrogens (tertiary/aromatic N) is 4. The number of hydrogen-bond acceptors (Lipinski definition) is 6. The minimum absolute atomic E-state index is 0.0561. The molecule has 3 aromatic rings. The summed E-state index contributed by atoms with van der Waals surface area (Å²) in [6.45, 7) is 0. The largest absolute Gasteiger partial charge is 0.269 e. The van der Waals surface area contributed by atoms with Gasteiger partial charge in [0, 0.05) is 23.4 Å². The second-order valence-electron chi connectivity index (χ2n) is 6.10. The zero-order valence-electron chi connectivity index (χ0n) is 14.6. The number of benzene rings is 2. The number of nitriles is 1. The van der Waals surface area contributed by atoms with Gasteiger partial charge in [0.1, 0.15) is 4.90 Å². The van der Waals surface area contributed by atoms with Crippen LogP contribution in [0.15, 0.2) is 58.7 Å². The van der Waals surface area contributed by atoms with E-state index in [2.05, 4.69) is 16.0 Å². The predicted molar refractivity (Wildman–Crippen MR) is 109 cm³/mol. The van der Waals surface area contributed by atoms with Crippen LogP contribution in [-0.4, -0.2) is 25.4 Å². The normalized spacial score (nSPS) is 14.1. The maximum Gasteiger partial charge on any atom is 0.267 e. The minimum Gasteiger partial charge on any atom is -0.269 e. The molecule has 0 bridgehead atoms. The second-order valence-corrected chi connectivity index (χ2v) is 9.42. The molecule has 0 fully saturated rings. The van der Waals surface area contributed by atoms with Gasteiger partial charge < -0.3 is 0 Å². The van der Waals surface area contributed by atoms with Crippen molar-refractivity contribution in [2.24, 2.45) is 0 Å². The zero-order valence-corrected chi connectivity index (χ0v) is 17.0. The van der Waals surface area contributed by atoms with Crippen molar-refractivity contribution in [2.45, 2.75) is 15.8 Å². The molecule has 0 spiro atoms. The predicted octanol–water partition coefficient (Wildman–Crippen LogP) is 4.10. The van der Waals surface area contributed by atoms with Crippen LogP contribution in [0.3, 0.4) is 0 Å². The van der Waals surface area contributed by atoms with Gasteiger partial charge in [-0.3, -0.25) is 4.31 Å². The van der Waals surface area contributed by atoms with E-state index in [1.807, 2.05) is 12.1 Å². The van der Waals surface area contributed by atoms with Crippen LogP contribution in [0.5, 0.6) is 0 Å². The van der Waals surface area contributed by atoms with Crippen molar-refractivity contribution in [2.75, 3.05) is 11.4 Å². The summed E-state index contributed by atoms with van der Waals surface area (Å²) in [6.07, 6.45) is 1.34. The fourth-order valence-electron chi connectivity index (χ4n) is 2.93. The van der Waals surface area contributed by atoms with Gasteiger partial charge in [0.15, 0.2) is 5.16 Å². The number of sulfonamides is 1. The molecule has 0 aliphatic carbocycles. The lowest BCUT2D eigenvalue weighted by Crippen LogP contribution is -2.31. The average Bonchev–Trinajstić information content (AvgIpc) is 2.70. The van der Waals surface area contributed by atoms with Gasteiger partial charge in [-0.1, -0.05) is 35.5 Å². The number of halogens is 1. The third kappa shape index (κ3) is 3.22. The quantitative estimate of drug-likeness (QED) is 0.461. The van der Waals surface area contributed by atoms with E-state index in [0.717, 1.165) is 5.56 Å². The number of anilines is 1. The van der Waals surface area contributed by atoms with Crippen LogP contribution < -0.4 is 4.31 Å². The summed E-state index contributed by atoms with van der Waals surface area (Å²) >= 11 is 7.50. The van der Waals surface area contributed by atoms with E-state index < -0.39 is 10.0 Å². The second kappa shape index (κ2) is 7.09. The standard InChI is InChI=1S/C19H13ClN4O2S2/c1-24-16-6-5-14(20)8-15(16)18-17(28(24,25)26)10-22-19(23-18)27-11-13-4-2-3-12(7-13)9-21/h2-8,10H,11H2,1H3. The molecular weight excluding hydrogens is 416 g/mol. The molecule has 4 rings (SSSR count). The lowest BCUT2D eigenvalue weighted by molar-refractivity contribution is 0.592. The summed E-state index contributed by atoms with van der Waals surface area (Å²) in [6, 6.07) is 14.4. The summed E-state index contributed by atoms with van der Waals surface area (Å²) in [5, 5.41) is 9.96. The van der Waals surface area contributed by atoms with E-state index in [1.54, 1.807) is 30.3 Å². The molecule has 1 aliphatic rings. The third-order valence-corrected chi connectivity index (χ3v) is 7.29. The Bertz CT molecular complexity index is 1240. The Labute approximate surface area is 171 Å². The third-order valence-electron chi connectivity index (χ3n) is 4.35. The van der Waals surface area contributed by atoms with Crippen LogP contribution in [0.4, 0.5) is 5.69 Å². The molecule has 0 radical (unpaired) electrons. The Balaban J connectivity index is 1.73. The van der Waals surface area contributed by atoms with E-state index in [4.69, 9.17) is 16.9 Å². The Kier molecular flexibility index (Phi) is 4.75. The zero-order chi connectivity index (χ0) is 19.9. The topological polar surface area (TPSA) is 86.9 Å². The molecule has 0 atom stereocenters. The molecule has 0 saturated heterocycles. The first-order valence-electron chi connectivity index (χ1n) is 8.18. The smallest absolute Gasteiger partial charge is 0.267 e. The fourth-order valence-corrected chi connectivity index (χ4v) is 5.16. The molecule has 0 N–H and O–H groups in total. The highest BCUT2D eigenvalue weighted by atomic mass is 35.5. The summed E-state index contributed by atoms with van der Waals surface area (Å²) in [5.41, 5.74) is 3.06. The van der Waals surface area contributed by atoms with Crippen molar-refractivity contribution in [3.63, 3.8) is 0 Å². The molecule has 6 nitrogen and oxygen atoms in total. The first-order chi connectivity index (χ1) is 13.4. The lowest BCUT2D eigenvalue weighted by atomic mass is 10.1. The molecule has 9 heteroatoms.